The van der Waals surface area contributed by atoms with E-state index in [0.29, 0.717) is 11.1 Å². The number of para-hydroxylation sites is 3. The van der Waals surface area contributed by atoms with Crippen molar-refractivity contribution in [2.45, 2.75) is 41.5 Å². The second-order valence-corrected chi connectivity index (χ2v) is 13.6. The van der Waals surface area contributed by atoms with Crippen LogP contribution in [0.2, 0.25) is 0 Å². The number of nitrogen functional groups attached to an aromatic ring is 1. The van der Waals surface area contributed by atoms with E-state index in [-0.39, 0.29) is 50.5 Å². The van der Waals surface area contributed by atoms with Gasteiger partial charge >= 0.3 is 39.0 Å². The number of rotatable bonds is 4. The van der Waals surface area contributed by atoms with Crippen molar-refractivity contribution >= 4 is 74.1 Å². The topological polar surface area (TPSA) is 216 Å². The molecule has 0 saturated carbocycles. The van der Waals surface area contributed by atoms with Crippen molar-refractivity contribution in [1.29, 1.82) is 0 Å². The molecular formula is C49H44N6O6Zn2. The van der Waals surface area contributed by atoms with E-state index in [2.05, 4.69) is 24.9 Å². The minimum atomic E-state index is -1.08. The molecule has 310 valence electrons. The Bertz CT molecular complexity index is 2670. The van der Waals surface area contributed by atoms with Crippen LogP contribution in [0.1, 0.15) is 47.2 Å². The number of nitrogens with two attached hydrogens (primary N) is 1. The fourth-order valence-electron chi connectivity index (χ4n) is 5.96. The number of benzene rings is 5. The van der Waals surface area contributed by atoms with Crippen LogP contribution in [-0.2, 0) is 48.5 Å². The summed E-state index contributed by atoms with van der Waals surface area (Å²) >= 11 is 0. The molecule has 5 aromatic carbocycles. The van der Waals surface area contributed by atoms with Gasteiger partial charge in [-0.2, -0.15) is 0 Å². The summed E-state index contributed by atoms with van der Waals surface area (Å²) in [5, 5.41) is 45.1. The van der Waals surface area contributed by atoms with Crippen molar-refractivity contribution in [1.82, 2.24) is 15.0 Å². The number of nitrogens with zero attached hydrogens (tertiary/aromatic N) is 5. The number of carbonyl (C=O) groups is 2. The van der Waals surface area contributed by atoms with Crippen LogP contribution in [0.4, 0.5) is 17.1 Å². The average Bonchev–Trinajstić information content (AvgIpc) is 3.22. The molecule has 0 aliphatic heterocycles. The number of carboxylic acids is 2. The summed E-state index contributed by atoms with van der Waals surface area (Å²) in [4.78, 5) is 39.6. The molecule has 0 spiro atoms. The van der Waals surface area contributed by atoms with Crippen LogP contribution < -0.4 is 26.2 Å². The summed E-state index contributed by atoms with van der Waals surface area (Å²) in [6.45, 7) is 9.55. The number of hydrogen-bond acceptors (Lipinski definition) is 12. The molecule has 3 heterocycles. The van der Waals surface area contributed by atoms with E-state index in [0.717, 1.165) is 85.9 Å². The molecule has 0 atom stereocenters. The number of aryl methyl sites for hydroxylation is 4. The van der Waals surface area contributed by atoms with Gasteiger partial charge in [0, 0.05) is 59.1 Å². The molecular weight excluding hydrogens is 899 g/mol. The molecule has 0 saturated heterocycles. The van der Waals surface area contributed by atoms with Crippen LogP contribution in [-0.4, -0.2) is 39.3 Å². The molecule has 0 aliphatic rings. The average molecular weight is 944 g/mol. The van der Waals surface area contributed by atoms with Gasteiger partial charge in [0.15, 0.2) is 0 Å². The molecule has 0 bridgehead atoms. The zero-order valence-electron chi connectivity index (χ0n) is 36.0. The van der Waals surface area contributed by atoms with Gasteiger partial charge in [0.25, 0.3) is 0 Å². The third-order valence-electron chi connectivity index (χ3n) is 8.47. The molecule has 63 heavy (non-hydrogen) atoms. The number of aliphatic carboxylic acids is 2. The van der Waals surface area contributed by atoms with Crippen LogP contribution in [0.3, 0.4) is 0 Å². The summed E-state index contributed by atoms with van der Waals surface area (Å²) in [6.07, 6.45) is 8.50. The fourth-order valence-corrected chi connectivity index (χ4v) is 5.96. The van der Waals surface area contributed by atoms with Crippen LogP contribution in [0.25, 0.3) is 32.7 Å². The summed E-state index contributed by atoms with van der Waals surface area (Å²) in [6, 6.07) is 36.7. The zero-order valence-corrected chi connectivity index (χ0v) is 42.0. The zero-order chi connectivity index (χ0) is 44.5. The number of carboxylic acid groups (broad SMARTS) is 2. The van der Waals surface area contributed by atoms with Crippen LogP contribution in [0, 0.1) is 27.7 Å². The molecule has 8 rings (SSSR count). The van der Waals surface area contributed by atoms with Gasteiger partial charge in [0.05, 0.1) is 33.6 Å². The van der Waals surface area contributed by atoms with Gasteiger partial charge < -0.3 is 35.7 Å². The van der Waals surface area contributed by atoms with Gasteiger partial charge in [-0.05, 0) is 89.1 Å². The molecule has 2 N–H and O–H groups in total. The van der Waals surface area contributed by atoms with Gasteiger partial charge in [-0.25, -0.2) is 0 Å². The van der Waals surface area contributed by atoms with Crippen molar-refractivity contribution in [2.24, 2.45) is 9.98 Å². The summed E-state index contributed by atoms with van der Waals surface area (Å²) < 4.78 is 0. The van der Waals surface area contributed by atoms with Crippen LogP contribution in [0.5, 0.6) is 11.5 Å². The van der Waals surface area contributed by atoms with Crippen molar-refractivity contribution in [3.63, 3.8) is 0 Å². The first-order valence-electron chi connectivity index (χ1n) is 18.9. The van der Waals surface area contributed by atoms with E-state index in [1.165, 1.54) is 0 Å². The number of fused-ring (bicyclic) bond motifs is 3. The Morgan fingerprint density at radius 1 is 0.524 bits per heavy atom. The summed E-state index contributed by atoms with van der Waals surface area (Å²) in [5.74, 6) is -2.12. The second-order valence-electron chi connectivity index (χ2n) is 13.6. The molecule has 0 amide bonds. The number of hydrogen-bond donors (Lipinski definition) is 1. The smallest absolute Gasteiger partial charge is 0.872 e. The molecule has 3 aromatic heterocycles. The Morgan fingerprint density at radius 3 is 1.21 bits per heavy atom. The molecule has 0 radical (unpaired) electrons. The van der Waals surface area contributed by atoms with Crippen molar-refractivity contribution in [3.05, 3.63) is 167 Å². The number of aromatic nitrogens is 3. The van der Waals surface area contributed by atoms with E-state index in [1.807, 2.05) is 143 Å². The predicted octanol–water partition coefficient (Wildman–Crippen LogP) is 6.68. The Kier molecular flexibility index (Phi) is 21.5. The molecule has 0 aliphatic carbocycles. The van der Waals surface area contributed by atoms with E-state index in [4.69, 9.17) is 25.5 Å². The van der Waals surface area contributed by atoms with Gasteiger partial charge in [0.1, 0.15) is 0 Å². The Morgan fingerprint density at radius 2 is 0.841 bits per heavy atom. The maximum atomic E-state index is 12.1. The first-order valence-corrected chi connectivity index (χ1v) is 18.9. The molecule has 0 fully saturated rings. The monoisotopic (exact) mass is 940 g/mol. The molecule has 0 unspecified atom stereocenters. The first kappa shape index (κ1) is 52.4. The van der Waals surface area contributed by atoms with Gasteiger partial charge in [0.2, 0.25) is 0 Å². The number of pyridine rings is 3. The van der Waals surface area contributed by atoms with Crippen molar-refractivity contribution in [2.75, 3.05) is 5.73 Å². The normalized spacial score (nSPS) is 10.1. The molecule has 8 aromatic rings. The van der Waals surface area contributed by atoms with E-state index >= 15 is 0 Å². The minimum absolute atomic E-state index is 0. The van der Waals surface area contributed by atoms with Gasteiger partial charge in [-0.15, -0.1) is 0 Å². The Balaban J connectivity index is 0.000000305. The standard InChI is InChI=1S/2C18H16N2O.C9H8N2.2C2H4O2.2Zn/c2*1-12-9-13(2)18(21)15(10-12)11-20-16-7-3-5-14-6-4-8-19-17(14)16;10-8-5-1-3-7-4-2-6-11-9(7)8;2*1-2(3)4;;/h2*3-11,21H,1-2H3;1-6H,10H2;2*1H3,(H,3,4);;/q;;;;;2*+2/p-4. The predicted molar refractivity (Wildman–Crippen MR) is 236 cm³/mol. The van der Waals surface area contributed by atoms with E-state index in [1.54, 1.807) is 31.0 Å². The maximum absolute atomic E-state index is 12.1. The molecule has 14 heteroatoms. The largest absolute Gasteiger partial charge is 2.00 e. The third kappa shape index (κ3) is 16.2. The van der Waals surface area contributed by atoms with Gasteiger partial charge in [-0.1, -0.05) is 113 Å². The second kappa shape index (κ2) is 25.9. The number of aliphatic imine (C=N–C) groups is 2. The van der Waals surface area contributed by atoms with E-state index < -0.39 is 11.9 Å². The Hall–Kier alpha value is -6.74. The summed E-state index contributed by atoms with van der Waals surface area (Å²) in [7, 11) is 0. The first-order chi connectivity index (χ1) is 29.1. The van der Waals surface area contributed by atoms with Crippen LogP contribution in [0.15, 0.2) is 144 Å². The minimum Gasteiger partial charge on any atom is -0.872 e. The van der Waals surface area contributed by atoms with Crippen LogP contribution >= 0.6 is 0 Å². The van der Waals surface area contributed by atoms with E-state index in [9.17, 15) is 10.2 Å². The van der Waals surface area contributed by atoms with Crippen molar-refractivity contribution in [3.8, 4) is 11.5 Å². The third-order valence-corrected chi connectivity index (χ3v) is 8.47. The number of carbonyl (C=O) groups excluding carboxylic acids is 2. The quantitative estimate of drug-likeness (QED) is 0.112. The SMILES string of the molecule is CC(=O)[O-].CC(=O)[O-].Cc1cc(C)c([O-])c(C=Nc2cccc3cccnc23)c1.Cc1cc(C)c([O-])c(C=Nc2cccc3cccnc23)c1.Nc1cccc2cccnc12.[Zn+2].[Zn+2]. The summed E-state index contributed by atoms with van der Waals surface area (Å²) in [5.41, 5.74) is 15.4. The fraction of sp³-hybridized carbons (Fsp3) is 0.122. The van der Waals surface area contributed by atoms with Gasteiger partial charge in [-0.3, -0.25) is 24.9 Å². The molecule has 12 nitrogen and oxygen atoms in total. The maximum Gasteiger partial charge on any atom is 2.00 e. The van der Waals surface area contributed by atoms with Crippen molar-refractivity contribution < 1.29 is 69.0 Å². The Labute approximate surface area is 391 Å². The number of anilines is 1.